The van der Waals surface area contributed by atoms with Gasteiger partial charge < -0.3 is 39.6 Å². The minimum Gasteiger partial charge on any atom is -0.497 e. The van der Waals surface area contributed by atoms with E-state index in [0.29, 0.717) is 54.0 Å². The normalized spacial score (nSPS) is 26.9. The Balaban J connectivity index is 1.36. The number of pyridine rings is 1. The van der Waals surface area contributed by atoms with Gasteiger partial charge in [0.2, 0.25) is 11.8 Å². The second-order valence-corrected chi connectivity index (χ2v) is 15.0. The lowest BCUT2D eigenvalue weighted by Gasteiger charge is -2.32. The monoisotopic (exact) mass is 716 g/mol. The molecule has 6 atom stereocenters. The first-order valence-electron chi connectivity index (χ1n) is 18.0. The smallest absolute Gasteiger partial charge is 0.408 e. The van der Waals surface area contributed by atoms with E-state index in [0.717, 1.165) is 18.4 Å². The number of nitrogens with zero attached hydrogens (tertiary/aromatic N) is 2. The van der Waals surface area contributed by atoms with Crippen LogP contribution in [-0.2, 0) is 23.9 Å². The fourth-order valence-corrected chi connectivity index (χ4v) is 7.19. The van der Waals surface area contributed by atoms with Gasteiger partial charge in [-0.15, -0.1) is 0 Å². The molecule has 0 radical (unpaired) electrons. The third-order valence-electron chi connectivity index (χ3n) is 10.0. The van der Waals surface area contributed by atoms with E-state index in [1.807, 2.05) is 48.5 Å². The molecular weight excluding hydrogens is 668 g/mol. The molecule has 3 aromatic rings. The number of nitrogens with one attached hydrogen (secondary N) is 2. The lowest BCUT2D eigenvalue weighted by atomic mass is 10.1. The molecule has 2 aliphatic heterocycles. The van der Waals surface area contributed by atoms with Crippen molar-refractivity contribution in [1.29, 1.82) is 0 Å². The lowest BCUT2D eigenvalue weighted by molar-refractivity contribution is -0.146. The van der Waals surface area contributed by atoms with Crippen LogP contribution in [0.5, 0.6) is 11.5 Å². The molecule has 3 N–H and O–H groups in total. The highest BCUT2D eigenvalue weighted by molar-refractivity contribution is 5.96. The molecule has 0 spiro atoms. The zero-order valence-corrected chi connectivity index (χ0v) is 30.3. The molecule has 1 aromatic heterocycles. The number of hydrogen-bond donors (Lipinski definition) is 3. The molecule has 3 fully saturated rings. The second kappa shape index (κ2) is 15.0. The molecule has 0 bridgehead atoms. The van der Waals surface area contributed by atoms with Crippen molar-refractivity contribution < 1.29 is 43.2 Å². The molecule has 3 aliphatic rings. The van der Waals surface area contributed by atoms with Gasteiger partial charge in [0.15, 0.2) is 0 Å². The minimum atomic E-state index is -1.40. The minimum absolute atomic E-state index is 0.0136. The first-order chi connectivity index (χ1) is 24.8. The molecule has 3 heterocycles. The van der Waals surface area contributed by atoms with E-state index < -0.39 is 59.3 Å². The van der Waals surface area contributed by atoms with E-state index in [2.05, 4.69) is 10.6 Å². The fourth-order valence-electron chi connectivity index (χ4n) is 7.19. The standard InChI is InChI=1S/C39H48N4O9/c1-23-33(41-37(48)52-38(2,3)4)35(45)43-22-27(19-31(43)34(44)42-39(36(46)47)21-25(39)14-10-7-11-17-50-23)51-32-20-29(24-12-8-6-9-13-24)40-30-18-26(49-5)15-16-28(30)32/h6,8-9,12-13,15-16,18,20,23,25,27,31,33H,7,10-11,14,17,19,21-22H2,1-5H3,(H,41,48)(H,42,44)(H,46,47)/t23-,25?,27+,31-,33-,39+/m0/s1. The van der Waals surface area contributed by atoms with Crippen molar-refractivity contribution in [1.82, 2.24) is 20.5 Å². The molecule has 13 nitrogen and oxygen atoms in total. The number of methoxy groups -OCH3 is 1. The van der Waals surface area contributed by atoms with Gasteiger partial charge in [0.1, 0.15) is 40.8 Å². The summed E-state index contributed by atoms with van der Waals surface area (Å²) in [7, 11) is 1.58. The zero-order chi connectivity index (χ0) is 37.2. The van der Waals surface area contributed by atoms with Gasteiger partial charge in [-0.1, -0.05) is 43.2 Å². The molecule has 2 saturated heterocycles. The lowest BCUT2D eigenvalue weighted by Crippen LogP contribution is -2.59. The van der Waals surface area contributed by atoms with Crippen LogP contribution < -0.4 is 20.1 Å². The number of carboxylic acids is 1. The van der Waals surface area contributed by atoms with Gasteiger partial charge in [0.05, 0.1) is 31.0 Å². The molecule has 1 unspecified atom stereocenters. The highest BCUT2D eigenvalue weighted by atomic mass is 16.6. The van der Waals surface area contributed by atoms with Gasteiger partial charge in [-0.05, 0) is 65.0 Å². The van der Waals surface area contributed by atoms with E-state index in [4.69, 9.17) is 23.9 Å². The zero-order valence-electron chi connectivity index (χ0n) is 30.3. The predicted molar refractivity (Wildman–Crippen MR) is 192 cm³/mol. The Hall–Kier alpha value is -4.91. The topological polar surface area (TPSA) is 166 Å². The van der Waals surface area contributed by atoms with Crippen molar-refractivity contribution in [2.24, 2.45) is 5.92 Å². The van der Waals surface area contributed by atoms with Crippen molar-refractivity contribution in [3.8, 4) is 22.8 Å². The molecule has 1 aliphatic carbocycles. The first-order valence-corrected chi connectivity index (χ1v) is 18.0. The number of alkyl carbamates (subject to hydrolysis) is 1. The number of aliphatic carboxylic acids is 1. The van der Waals surface area contributed by atoms with Crippen molar-refractivity contribution in [2.45, 2.75) is 102 Å². The van der Waals surface area contributed by atoms with E-state index in [1.165, 1.54) is 4.90 Å². The van der Waals surface area contributed by atoms with E-state index in [1.54, 1.807) is 40.9 Å². The summed E-state index contributed by atoms with van der Waals surface area (Å²) in [6.07, 6.45) is 1.06. The third kappa shape index (κ3) is 8.09. The largest absolute Gasteiger partial charge is 0.497 e. The molecule has 13 heteroatoms. The quantitative estimate of drug-likeness (QED) is 0.313. The van der Waals surface area contributed by atoms with Crippen LogP contribution in [-0.4, -0.2) is 94.6 Å². The Kier molecular flexibility index (Phi) is 10.6. The summed E-state index contributed by atoms with van der Waals surface area (Å²) in [5.74, 6) is -1.34. The van der Waals surface area contributed by atoms with Crippen LogP contribution in [0.2, 0.25) is 0 Å². The summed E-state index contributed by atoms with van der Waals surface area (Å²) >= 11 is 0. The highest BCUT2D eigenvalue weighted by Gasteiger charge is 2.62. The van der Waals surface area contributed by atoms with Crippen LogP contribution in [0.3, 0.4) is 0 Å². The summed E-state index contributed by atoms with van der Waals surface area (Å²) < 4.78 is 23.7. The van der Waals surface area contributed by atoms with Crippen LogP contribution >= 0.6 is 0 Å². The van der Waals surface area contributed by atoms with E-state index in [-0.39, 0.29) is 18.9 Å². The number of benzene rings is 2. The Morgan fingerprint density at radius 3 is 2.56 bits per heavy atom. The summed E-state index contributed by atoms with van der Waals surface area (Å²) in [6, 6.07) is 14.7. The van der Waals surface area contributed by atoms with Gasteiger partial charge in [-0.25, -0.2) is 14.6 Å². The van der Waals surface area contributed by atoms with Crippen LogP contribution in [0.1, 0.15) is 66.2 Å². The van der Waals surface area contributed by atoms with Crippen LogP contribution in [0, 0.1) is 5.92 Å². The maximum absolute atomic E-state index is 14.5. The van der Waals surface area contributed by atoms with Gasteiger partial charge in [0, 0.05) is 36.1 Å². The van der Waals surface area contributed by atoms with Crippen LogP contribution in [0.25, 0.3) is 22.2 Å². The van der Waals surface area contributed by atoms with Gasteiger partial charge in [-0.3, -0.25) is 9.59 Å². The van der Waals surface area contributed by atoms with Gasteiger partial charge >= 0.3 is 12.1 Å². The number of carboxylic acid groups (broad SMARTS) is 1. The Labute approximate surface area is 303 Å². The Morgan fingerprint density at radius 1 is 1.08 bits per heavy atom. The average molecular weight is 717 g/mol. The third-order valence-corrected chi connectivity index (χ3v) is 10.0. The number of carbonyl (C=O) groups is 4. The van der Waals surface area contributed by atoms with E-state index >= 15 is 0 Å². The van der Waals surface area contributed by atoms with Crippen molar-refractivity contribution >= 4 is 34.8 Å². The highest BCUT2D eigenvalue weighted by Crippen LogP contribution is 2.47. The predicted octanol–water partition coefficient (Wildman–Crippen LogP) is 5.09. The first kappa shape index (κ1) is 36.9. The number of aromatic nitrogens is 1. The van der Waals surface area contributed by atoms with Gasteiger partial charge in [0.25, 0.3) is 0 Å². The van der Waals surface area contributed by atoms with Crippen molar-refractivity contribution in [3.05, 3.63) is 54.6 Å². The molecule has 3 amide bonds. The maximum atomic E-state index is 14.5. The number of amides is 3. The Morgan fingerprint density at radius 2 is 1.85 bits per heavy atom. The van der Waals surface area contributed by atoms with Crippen LogP contribution in [0.15, 0.2) is 54.6 Å². The molecule has 2 aromatic carbocycles. The molecule has 52 heavy (non-hydrogen) atoms. The number of rotatable bonds is 6. The molecule has 6 rings (SSSR count). The molecule has 278 valence electrons. The molecule has 1 saturated carbocycles. The molecular formula is C39H48N4O9. The average Bonchev–Trinajstić information content (AvgIpc) is 3.64. The van der Waals surface area contributed by atoms with Crippen molar-refractivity contribution in [2.75, 3.05) is 20.3 Å². The number of hydrogen-bond acceptors (Lipinski definition) is 9. The van der Waals surface area contributed by atoms with Crippen LogP contribution in [0.4, 0.5) is 4.79 Å². The number of ether oxygens (including phenoxy) is 4. The summed E-state index contributed by atoms with van der Waals surface area (Å²) in [5, 5.41) is 16.5. The van der Waals surface area contributed by atoms with Gasteiger partial charge in [-0.2, -0.15) is 0 Å². The number of fused-ring (bicyclic) bond motifs is 3. The summed E-state index contributed by atoms with van der Waals surface area (Å²) in [4.78, 5) is 60.5. The second-order valence-electron chi connectivity index (χ2n) is 15.0. The van der Waals surface area contributed by atoms with E-state index in [9.17, 15) is 24.3 Å². The SMILES string of the molecule is COc1ccc2c(O[C@@H]3C[C@H]4C(=O)N[C@]5(C(=O)O)CC5CCCCCO[C@@H](C)[C@H](NC(=O)OC(C)(C)C)C(=O)N4C3)cc(-c3ccccc3)nc2c1. The number of carbonyl (C=O) groups excluding carboxylic acids is 3. The van der Waals surface area contributed by atoms with Crippen molar-refractivity contribution in [3.63, 3.8) is 0 Å². The fraction of sp³-hybridized carbons (Fsp3) is 0.513. The summed E-state index contributed by atoms with van der Waals surface area (Å²) in [6.45, 7) is 7.19. The maximum Gasteiger partial charge on any atom is 0.408 e. The summed E-state index contributed by atoms with van der Waals surface area (Å²) in [5.41, 5.74) is -0.0579. The Bertz CT molecular complexity index is 1810.